The number of hydrogen-bond acceptors (Lipinski definition) is 2. The number of nitrogens with zero attached hydrogens (tertiary/aromatic N) is 2. The lowest BCUT2D eigenvalue weighted by atomic mass is 10.1. The Morgan fingerprint density at radius 3 is 3.00 bits per heavy atom. The molecule has 0 saturated heterocycles. The van der Waals surface area contributed by atoms with Crippen molar-refractivity contribution in [3.8, 4) is 0 Å². The summed E-state index contributed by atoms with van der Waals surface area (Å²) in [5.41, 5.74) is 2.87. The van der Waals surface area contributed by atoms with Gasteiger partial charge in [0.25, 0.3) is 0 Å². The van der Waals surface area contributed by atoms with Crippen molar-refractivity contribution in [2.75, 3.05) is 6.54 Å². The molecule has 2 atom stereocenters. The average molecular weight is 247 g/mol. The van der Waals surface area contributed by atoms with E-state index in [0.29, 0.717) is 0 Å². The highest BCUT2D eigenvalue weighted by Crippen LogP contribution is 2.48. The fourth-order valence-corrected chi connectivity index (χ4v) is 3.41. The molecule has 1 aromatic heterocycles. The molecule has 0 aromatic carbocycles. The van der Waals surface area contributed by atoms with Crippen LogP contribution in [0.25, 0.3) is 0 Å². The monoisotopic (exact) mass is 247 g/mol. The molecule has 0 spiro atoms. The van der Waals surface area contributed by atoms with Gasteiger partial charge in [-0.2, -0.15) is 0 Å². The maximum atomic E-state index is 4.90. The smallest absolute Gasteiger partial charge is 0.109 e. The number of imidazole rings is 1. The maximum Gasteiger partial charge on any atom is 0.109 e. The summed E-state index contributed by atoms with van der Waals surface area (Å²) in [7, 11) is 0. The molecule has 1 N–H and O–H groups in total. The molecule has 1 fully saturated rings. The van der Waals surface area contributed by atoms with Gasteiger partial charge in [0.1, 0.15) is 5.82 Å². The summed E-state index contributed by atoms with van der Waals surface area (Å²) in [5.74, 6) is 2.29. The molecule has 100 valence electrons. The van der Waals surface area contributed by atoms with Crippen molar-refractivity contribution in [1.29, 1.82) is 0 Å². The topological polar surface area (TPSA) is 29.9 Å². The third kappa shape index (κ3) is 2.09. The molecule has 0 bridgehead atoms. The van der Waals surface area contributed by atoms with Gasteiger partial charge in [-0.15, -0.1) is 0 Å². The van der Waals surface area contributed by atoms with E-state index in [9.17, 15) is 0 Å². The van der Waals surface area contributed by atoms with Crippen LogP contribution >= 0.6 is 0 Å². The summed E-state index contributed by atoms with van der Waals surface area (Å²) >= 11 is 0. The molecule has 2 heterocycles. The summed E-state index contributed by atoms with van der Waals surface area (Å²) in [4.78, 5) is 4.90. The van der Waals surface area contributed by atoms with Gasteiger partial charge in [0.2, 0.25) is 0 Å². The second-order valence-electron chi connectivity index (χ2n) is 5.82. The molecule has 3 heteroatoms. The normalized spacial score (nSPS) is 26.1. The number of aromatic nitrogens is 2. The fraction of sp³-hybridized carbons (Fsp3) is 0.800. The Morgan fingerprint density at radius 2 is 2.22 bits per heavy atom. The zero-order valence-electron chi connectivity index (χ0n) is 11.7. The minimum Gasteiger partial charge on any atom is -0.328 e. The van der Waals surface area contributed by atoms with Gasteiger partial charge >= 0.3 is 0 Å². The lowest BCUT2D eigenvalue weighted by molar-refractivity contribution is 0.546. The van der Waals surface area contributed by atoms with Crippen molar-refractivity contribution in [3.63, 3.8) is 0 Å². The van der Waals surface area contributed by atoms with E-state index in [0.717, 1.165) is 31.5 Å². The van der Waals surface area contributed by atoms with Gasteiger partial charge in [-0.05, 0) is 25.2 Å². The molecule has 0 amide bonds. The largest absolute Gasteiger partial charge is 0.328 e. The number of fused-ring (bicyclic) bond motifs is 1. The molecular weight excluding hydrogens is 222 g/mol. The number of hydrogen-bond donors (Lipinski definition) is 1. The predicted molar refractivity (Wildman–Crippen MR) is 73.7 cm³/mol. The van der Waals surface area contributed by atoms with Crippen LogP contribution < -0.4 is 5.32 Å². The first-order valence-corrected chi connectivity index (χ1v) is 7.64. The van der Waals surface area contributed by atoms with Crippen molar-refractivity contribution in [2.24, 2.45) is 5.92 Å². The minimum atomic E-state index is 0.779. The van der Waals surface area contributed by atoms with Crippen LogP contribution in [0.5, 0.6) is 0 Å². The average Bonchev–Trinajstić information content (AvgIpc) is 3.02. The van der Waals surface area contributed by atoms with E-state index in [1.165, 1.54) is 43.6 Å². The first kappa shape index (κ1) is 12.2. The van der Waals surface area contributed by atoms with Crippen LogP contribution in [0, 0.1) is 5.92 Å². The summed E-state index contributed by atoms with van der Waals surface area (Å²) in [6.45, 7) is 6.65. The van der Waals surface area contributed by atoms with Crippen LogP contribution in [0.15, 0.2) is 0 Å². The lowest BCUT2D eigenvalue weighted by Crippen LogP contribution is -2.25. The third-order valence-electron chi connectivity index (χ3n) is 4.35. The number of aryl methyl sites for hydroxylation is 1. The van der Waals surface area contributed by atoms with E-state index in [4.69, 9.17) is 4.98 Å². The van der Waals surface area contributed by atoms with Gasteiger partial charge in [-0.3, -0.25) is 0 Å². The van der Waals surface area contributed by atoms with Crippen LogP contribution in [-0.4, -0.2) is 16.1 Å². The van der Waals surface area contributed by atoms with Crippen molar-refractivity contribution < 1.29 is 0 Å². The molecule has 2 aliphatic rings. The van der Waals surface area contributed by atoms with Crippen LogP contribution in [-0.2, 0) is 19.4 Å². The lowest BCUT2D eigenvalue weighted by Gasteiger charge is -2.16. The fourth-order valence-electron chi connectivity index (χ4n) is 3.41. The van der Waals surface area contributed by atoms with Gasteiger partial charge in [0.15, 0.2) is 0 Å². The summed E-state index contributed by atoms with van der Waals surface area (Å²) < 4.78 is 2.62. The Bertz CT molecular complexity index is 422. The minimum absolute atomic E-state index is 0.779. The quantitative estimate of drug-likeness (QED) is 0.867. The van der Waals surface area contributed by atoms with E-state index in [2.05, 4.69) is 23.7 Å². The number of rotatable bonds is 5. The Morgan fingerprint density at radius 1 is 1.33 bits per heavy atom. The molecule has 2 unspecified atom stereocenters. The van der Waals surface area contributed by atoms with E-state index in [1.54, 1.807) is 5.69 Å². The summed E-state index contributed by atoms with van der Waals surface area (Å²) in [6.07, 6.45) is 7.61. The molecule has 3 nitrogen and oxygen atoms in total. The highest BCUT2D eigenvalue weighted by atomic mass is 15.2. The highest BCUT2D eigenvalue weighted by molar-refractivity contribution is 5.23. The Hall–Kier alpha value is -0.830. The Labute approximate surface area is 110 Å². The molecule has 0 radical (unpaired) electrons. The predicted octanol–water partition coefficient (Wildman–Crippen LogP) is 2.84. The number of nitrogens with one attached hydrogen (secondary N) is 1. The molecule has 1 saturated carbocycles. The summed E-state index contributed by atoms with van der Waals surface area (Å²) in [6, 6.07) is 0.779. The Kier molecular flexibility index (Phi) is 3.42. The van der Waals surface area contributed by atoms with Crippen LogP contribution in [0.1, 0.15) is 62.8 Å². The SMILES string of the molecule is CCCc1nc2c(n1C1CC1CCC)CCNC2. The summed E-state index contributed by atoms with van der Waals surface area (Å²) in [5, 5.41) is 3.44. The van der Waals surface area contributed by atoms with E-state index in [-0.39, 0.29) is 0 Å². The zero-order valence-corrected chi connectivity index (χ0v) is 11.7. The second-order valence-corrected chi connectivity index (χ2v) is 5.82. The van der Waals surface area contributed by atoms with Gasteiger partial charge in [-0.1, -0.05) is 20.3 Å². The molecule has 18 heavy (non-hydrogen) atoms. The first-order chi connectivity index (χ1) is 8.85. The van der Waals surface area contributed by atoms with Crippen LogP contribution in [0.4, 0.5) is 0 Å². The van der Waals surface area contributed by atoms with Crippen LogP contribution in [0.3, 0.4) is 0 Å². The van der Waals surface area contributed by atoms with Gasteiger partial charge in [0.05, 0.1) is 5.69 Å². The Balaban J connectivity index is 1.88. The first-order valence-electron chi connectivity index (χ1n) is 7.64. The molecule has 1 aliphatic heterocycles. The highest BCUT2D eigenvalue weighted by Gasteiger charge is 2.40. The molecule has 1 aliphatic carbocycles. The maximum absolute atomic E-state index is 4.90. The van der Waals surface area contributed by atoms with Gasteiger partial charge in [-0.25, -0.2) is 4.98 Å². The van der Waals surface area contributed by atoms with Crippen molar-refractivity contribution >= 4 is 0 Å². The third-order valence-corrected chi connectivity index (χ3v) is 4.35. The second kappa shape index (κ2) is 5.04. The van der Waals surface area contributed by atoms with Crippen LogP contribution in [0.2, 0.25) is 0 Å². The molecular formula is C15H25N3. The van der Waals surface area contributed by atoms with Crippen molar-refractivity contribution in [2.45, 2.75) is 65.0 Å². The zero-order chi connectivity index (χ0) is 12.5. The van der Waals surface area contributed by atoms with Crippen molar-refractivity contribution in [3.05, 3.63) is 17.2 Å². The molecule has 3 rings (SSSR count). The van der Waals surface area contributed by atoms with Crippen molar-refractivity contribution in [1.82, 2.24) is 14.9 Å². The van der Waals surface area contributed by atoms with E-state index >= 15 is 0 Å². The molecule has 1 aromatic rings. The van der Waals surface area contributed by atoms with E-state index < -0.39 is 0 Å². The van der Waals surface area contributed by atoms with Gasteiger partial charge in [0, 0.05) is 37.7 Å². The van der Waals surface area contributed by atoms with E-state index in [1.807, 2.05) is 0 Å². The standard InChI is InChI=1S/C15H25N3/c1-3-5-11-9-14(11)18-13-7-8-16-10-12(13)17-15(18)6-4-2/h11,14,16H,3-10H2,1-2H3. The van der Waals surface area contributed by atoms with Gasteiger partial charge < -0.3 is 9.88 Å².